The van der Waals surface area contributed by atoms with Gasteiger partial charge in [-0.1, -0.05) is 31.9 Å². The second kappa shape index (κ2) is 10.3. The van der Waals surface area contributed by atoms with Gasteiger partial charge < -0.3 is 9.84 Å². The van der Waals surface area contributed by atoms with Crippen molar-refractivity contribution in [2.45, 2.75) is 32.1 Å². The summed E-state index contributed by atoms with van der Waals surface area (Å²) < 4.78 is 8.00. The van der Waals surface area contributed by atoms with Crippen LogP contribution >= 0.6 is 31.9 Å². The molecule has 0 aliphatic heterocycles. The van der Waals surface area contributed by atoms with Crippen LogP contribution in [0.5, 0.6) is 0 Å². The van der Waals surface area contributed by atoms with Crippen LogP contribution in [0.25, 0.3) is 0 Å². The Hall–Kier alpha value is -2.95. The number of rotatable bonds is 5. The average Bonchev–Trinajstić information content (AvgIpc) is 3.30. The quantitative estimate of drug-likeness (QED) is 0.288. The monoisotopic (exact) mass is 605 g/mol. The molecule has 2 aromatic carbocycles. The first-order chi connectivity index (χ1) is 16.4. The Labute approximate surface area is 220 Å². The van der Waals surface area contributed by atoms with Gasteiger partial charge in [-0.3, -0.25) is 19.2 Å². The smallest absolute Gasteiger partial charge is 0.418 e. The van der Waals surface area contributed by atoms with Gasteiger partial charge in [0, 0.05) is 33.6 Å². The molecule has 0 saturated heterocycles. The number of anilines is 2. The minimum Gasteiger partial charge on any atom is -0.443 e. The molecule has 3 rings (SSSR count). The zero-order chi connectivity index (χ0) is 26.0. The SMILES string of the molecule is CN(C(=O)N(c1ccc(Br)cc1)C(O)(C=O)c1cccn1C(=O)OC(C)(C)C)c1ccc(Br)cc1. The zero-order valence-electron chi connectivity index (χ0n) is 19.6. The Balaban J connectivity index is 2.15. The molecular weight excluding hydrogens is 582 g/mol. The third-order valence-corrected chi connectivity index (χ3v) is 6.06. The van der Waals surface area contributed by atoms with Crippen LogP contribution in [0, 0.1) is 0 Å². The van der Waals surface area contributed by atoms with Gasteiger partial charge in [-0.05, 0) is 81.4 Å². The first-order valence-corrected chi connectivity index (χ1v) is 12.1. The van der Waals surface area contributed by atoms with Gasteiger partial charge in [-0.2, -0.15) is 0 Å². The van der Waals surface area contributed by atoms with Gasteiger partial charge in [0.15, 0.2) is 6.29 Å². The van der Waals surface area contributed by atoms with Crippen LogP contribution in [0.15, 0.2) is 75.8 Å². The van der Waals surface area contributed by atoms with E-state index < -0.39 is 23.5 Å². The van der Waals surface area contributed by atoms with Gasteiger partial charge in [0.05, 0.1) is 5.69 Å². The number of amides is 2. The van der Waals surface area contributed by atoms with Crippen LogP contribution in [-0.2, 0) is 15.3 Å². The third kappa shape index (κ3) is 5.83. The van der Waals surface area contributed by atoms with E-state index in [4.69, 9.17) is 4.74 Å². The molecule has 184 valence electrons. The highest BCUT2D eigenvalue weighted by molar-refractivity contribution is 9.10. The number of ether oxygens (including phenoxy) is 1. The van der Waals surface area contributed by atoms with E-state index in [9.17, 15) is 19.5 Å². The lowest BCUT2D eigenvalue weighted by Crippen LogP contribution is -2.56. The first kappa shape index (κ1) is 26.7. The van der Waals surface area contributed by atoms with E-state index in [1.54, 1.807) is 69.3 Å². The molecule has 1 N–H and O–H groups in total. The predicted octanol–water partition coefficient (Wildman–Crippen LogP) is 5.90. The van der Waals surface area contributed by atoms with Gasteiger partial charge in [0.1, 0.15) is 5.60 Å². The number of aliphatic hydroxyl groups is 1. The molecule has 3 aromatic rings. The maximum Gasteiger partial charge on any atom is 0.418 e. The summed E-state index contributed by atoms with van der Waals surface area (Å²) in [6.07, 6.45) is 0.779. The maximum absolute atomic E-state index is 13.8. The van der Waals surface area contributed by atoms with Gasteiger partial charge in [0.2, 0.25) is 5.72 Å². The maximum atomic E-state index is 13.8. The number of carbonyl (C=O) groups is 3. The lowest BCUT2D eigenvalue weighted by molar-refractivity contribution is -0.124. The molecule has 0 aliphatic carbocycles. The van der Waals surface area contributed by atoms with E-state index in [1.807, 2.05) is 0 Å². The van der Waals surface area contributed by atoms with Crippen LogP contribution in [0.1, 0.15) is 26.5 Å². The number of aldehydes is 1. The predicted molar refractivity (Wildman–Crippen MR) is 141 cm³/mol. The second-order valence-electron chi connectivity index (χ2n) is 8.72. The second-order valence-corrected chi connectivity index (χ2v) is 10.5. The Morgan fingerprint density at radius 3 is 1.94 bits per heavy atom. The summed E-state index contributed by atoms with van der Waals surface area (Å²) in [5.74, 6) is 0. The number of halogens is 2. The van der Waals surface area contributed by atoms with Crippen LogP contribution in [-0.4, -0.2) is 40.7 Å². The van der Waals surface area contributed by atoms with Gasteiger partial charge in [-0.15, -0.1) is 0 Å². The molecule has 0 radical (unpaired) electrons. The van der Waals surface area contributed by atoms with Crippen LogP contribution < -0.4 is 9.80 Å². The Morgan fingerprint density at radius 1 is 0.943 bits per heavy atom. The molecule has 0 bridgehead atoms. The molecule has 1 heterocycles. The van der Waals surface area contributed by atoms with Crippen molar-refractivity contribution in [3.63, 3.8) is 0 Å². The zero-order valence-corrected chi connectivity index (χ0v) is 22.8. The first-order valence-electron chi connectivity index (χ1n) is 10.6. The molecule has 1 atom stereocenters. The number of hydrogen-bond acceptors (Lipinski definition) is 5. The summed E-state index contributed by atoms with van der Waals surface area (Å²) in [6.45, 7) is 5.10. The molecule has 1 aromatic heterocycles. The fourth-order valence-electron chi connectivity index (χ4n) is 3.35. The summed E-state index contributed by atoms with van der Waals surface area (Å²) in [5.41, 5.74) is -2.76. The average molecular weight is 607 g/mol. The van der Waals surface area contributed by atoms with Gasteiger partial charge in [0.25, 0.3) is 0 Å². The van der Waals surface area contributed by atoms with Crippen LogP contribution in [0.3, 0.4) is 0 Å². The van der Waals surface area contributed by atoms with Crippen molar-refractivity contribution >= 4 is 61.6 Å². The third-order valence-electron chi connectivity index (χ3n) is 5.00. The topological polar surface area (TPSA) is 92.1 Å². The fraction of sp³-hybridized carbons (Fsp3) is 0.240. The van der Waals surface area contributed by atoms with E-state index in [0.29, 0.717) is 5.69 Å². The van der Waals surface area contributed by atoms with Gasteiger partial charge >= 0.3 is 12.1 Å². The van der Waals surface area contributed by atoms with Crippen LogP contribution in [0.2, 0.25) is 0 Å². The summed E-state index contributed by atoms with van der Waals surface area (Å²) in [7, 11) is 1.52. The molecule has 0 aliphatic rings. The standard InChI is InChI=1S/C25H25Br2N3O5/c1-24(2,3)35-23(33)29-15-5-6-21(29)25(34,16-31)30(20-13-9-18(27)10-14-20)22(32)28(4)19-11-7-17(26)8-12-19/h5-16,34H,1-4H3. The normalized spacial score (nSPS) is 13.0. The number of hydrogen-bond donors (Lipinski definition) is 1. The van der Waals surface area contributed by atoms with Gasteiger partial charge in [-0.25, -0.2) is 9.59 Å². The number of urea groups is 1. The van der Waals surface area contributed by atoms with E-state index in [-0.39, 0.29) is 17.7 Å². The van der Waals surface area contributed by atoms with Crippen molar-refractivity contribution in [3.8, 4) is 0 Å². The fourth-order valence-corrected chi connectivity index (χ4v) is 3.88. The van der Waals surface area contributed by atoms with E-state index in [1.165, 1.54) is 30.3 Å². The highest BCUT2D eigenvalue weighted by atomic mass is 79.9. The molecule has 0 spiro atoms. The number of benzene rings is 2. The molecule has 8 nitrogen and oxygen atoms in total. The molecule has 2 amide bonds. The lowest BCUT2D eigenvalue weighted by atomic mass is 10.1. The summed E-state index contributed by atoms with van der Waals surface area (Å²) in [4.78, 5) is 41.4. The molecule has 10 heteroatoms. The minimum atomic E-state index is -2.55. The minimum absolute atomic E-state index is 0.151. The largest absolute Gasteiger partial charge is 0.443 e. The summed E-state index contributed by atoms with van der Waals surface area (Å²) in [5, 5.41) is 11.8. The van der Waals surface area contributed by atoms with E-state index in [0.717, 1.165) is 18.4 Å². The van der Waals surface area contributed by atoms with Crippen molar-refractivity contribution in [1.29, 1.82) is 0 Å². The Morgan fingerprint density at radius 2 is 1.46 bits per heavy atom. The van der Waals surface area contributed by atoms with Crippen molar-refractivity contribution in [1.82, 2.24) is 4.57 Å². The van der Waals surface area contributed by atoms with Crippen molar-refractivity contribution in [2.75, 3.05) is 16.8 Å². The Kier molecular flexibility index (Phi) is 7.88. The number of nitrogens with zero attached hydrogens (tertiary/aromatic N) is 3. The molecule has 0 saturated carbocycles. The lowest BCUT2D eigenvalue weighted by Gasteiger charge is -2.38. The van der Waals surface area contributed by atoms with Crippen molar-refractivity contribution < 1.29 is 24.2 Å². The summed E-state index contributed by atoms with van der Waals surface area (Å²) in [6, 6.07) is 15.6. The van der Waals surface area contributed by atoms with E-state index in [2.05, 4.69) is 31.9 Å². The molecular formula is C25H25Br2N3O5. The Bertz CT molecular complexity index is 1220. The molecule has 1 unspecified atom stereocenters. The highest BCUT2D eigenvalue weighted by Gasteiger charge is 2.45. The highest BCUT2D eigenvalue weighted by Crippen LogP contribution is 2.33. The molecule has 35 heavy (non-hydrogen) atoms. The number of carbonyl (C=O) groups excluding carboxylic acids is 3. The number of aromatic nitrogens is 1. The summed E-state index contributed by atoms with van der Waals surface area (Å²) >= 11 is 6.72. The van der Waals surface area contributed by atoms with Crippen LogP contribution in [0.4, 0.5) is 21.0 Å². The van der Waals surface area contributed by atoms with Crippen molar-refractivity contribution in [3.05, 3.63) is 81.5 Å². The van der Waals surface area contributed by atoms with Crippen molar-refractivity contribution in [2.24, 2.45) is 0 Å². The van der Waals surface area contributed by atoms with E-state index >= 15 is 0 Å². The molecule has 0 fully saturated rings.